The maximum Gasteiger partial charge on any atom is 0.259 e. The Labute approximate surface area is 158 Å². The second kappa shape index (κ2) is 6.46. The van der Waals surface area contributed by atoms with Gasteiger partial charge >= 0.3 is 0 Å². The summed E-state index contributed by atoms with van der Waals surface area (Å²) < 4.78 is 23.7. The van der Waals surface area contributed by atoms with Gasteiger partial charge in [0.1, 0.15) is 0 Å². The first-order valence-electron chi connectivity index (χ1n) is 8.86. The van der Waals surface area contributed by atoms with Crippen LogP contribution in [-0.4, -0.2) is 32.1 Å². The lowest BCUT2D eigenvalue weighted by Crippen LogP contribution is -2.35. The Morgan fingerprint density at radius 1 is 1.11 bits per heavy atom. The van der Waals surface area contributed by atoms with Gasteiger partial charge in [-0.05, 0) is 55.7 Å². The van der Waals surface area contributed by atoms with Crippen molar-refractivity contribution in [2.45, 2.75) is 24.7 Å². The van der Waals surface area contributed by atoms with Crippen LogP contribution in [0.2, 0.25) is 0 Å². The van der Waals surface area contributed by atoms with E-state index in [4.69, 9.17) is 0 Å². The van der Waals surface area contributed by atoms with Gasteiger partial charge in [0, 0.05) is 29.6 Å². The quantitative estimate of drug-likeness (QED) is 0.682. The van der Waals surface area contributed by atoms with Crippen LogP contribution in [0.4, 0.5) is 5.69 Å². The van der Waals surface area contributed by atoms with Crippen molar-refractivity contribution in [3.05, 3.63) is 65.4 Å². The molecule has 0 aliphatic carbocycles. The van der Waals surface area contributed by atoms with Gasteiger partial charge in [-0.1, -0.05) is 18.2 Å². The molecule has 4 rings (SSSR count). The van der Waals surface area contributed by atoms with Crippen LogP contribution in [0.25, 0.3) is 10.9 Å². The van der Waals surface area contributed by atoms with Crippen LogP contribution in [0.15, 0.2) is 53.4 Å². The molecule has 5 nitrogen and oxygen atoms in total. The maximum absolute atomic E-state index is 13.4. The van der Waals surface area contributed by atoms with Crippen LogP contribution in [0, 0.1) is 6.92 Å². The van der Waals surface area contributed by atoms with Gasteiger partial charge in [0.05, 0.1) is 16.0 Å². The third kappa shape index (κ3) is 3.21. The normalized spacial score (nSPS) is 14.2. The molecule has 1 aliphatic heterocycles. The maximum atomic E-state index is 13.4. The minimum absolute atomic E-state index is 0.0789. The van der Waals surface area contributed by atoms with Gasteiger partial charge in [0.25, 0.3) is 5.91 Å². The number of anilines is 1. The number of hydrogen-bond donors (Lipinski definition) is 0. The van der Waals surface area contributed by atoms with Crippen molar-refractivity contribution < 1.29 is 13.2 Å². The van der Waals surface area contributed by atoms with Gasteiger partial charge in [0.2, 0.25) is 0 Å². The van der Waals surface area contributed by atoms with E-state index in [0.717, 1.165) is 40.7 Å². The molecule has 27 heavy (non-hydrogen) atoms. The zero-order valence-corrected chi connectivity index (χ0v) is 16.1. The average molecular weight is 380 g/mol. The van der Waals surface area contributed by atoms with E-state index >= 15 is 0 Å². The number of hydrogen-bond acceptors (Lipinski definition) is 4. The summed E-state index contributed by atoms with van der Waals surface area (Å²) in [5, 5.41) is 0.827. The second-order valence-electron chi connectivity index (χ2n) is 6.95. The number of fused-ring (bicyclic) bond motifs is 2. The minimum atomic E-state index is -3.27. The SMILES string of the molecule is Cc1cc(C(=O)N2CCCc3cc(S(C)(=O)=O)ccc32)c2ccccc2n1. The Kier molecular flexibility index (Phi) is 4.23. The number of aryl methyl sites for hydroxylation is 2. The van der Waals surface area contributed by atoms with E-state index in [0.29, 0.717) is 17.0 Å². The smallest absolute Gasteiger partial charge is 0.259 e. The molecule has 138 valence electrons. The summed E-state index contributed by atoms with van der Waals surface area (Å²) in [5.74, 6) is -0.0789. The highest BCUT2D eigenvalue weighted by atomic mass is 32.2. The van der Waals surface area contributed by atoms with E-state index in [1.54, 1.807) is 23.1 Å². The summed E-state index contributed by atoms with van der Waals surface area (Å²) in [4.78, 5) is 19.9. The molecule has 0 bridgehead atoms. The van der Waals surface area contributed by atoms with Crippen molar-refractivity contribution in [1.82, 2.24) is 4.98 Å². The number of pyridine rings is 1. The number of para-hydroxylation sites is 1. The number of benzene rings is 2. The van der Waals surface area contributed by atoms with Gasteiger partial charge in [-0.25, -0.2) is 8.42 Å². The number of amides is 1. The molecular weight excluding hydrogens is 360 g/mol. The van der Waals surface area contributed by atoms with E-state index < -0.39 is 9.84 Å². The first kappa shape index (κ1) is 17.7. The molecule has 0 saturated heterocycles. The topological polar surface area (TPSA) is 67.3 Å². The van der Waals surface area contributed by atoms with Crippen molar-refractivity contribution in [2.75, 3.05) is 17.7 Å². The number of nitrogens with zero attached hydrogens (tertiary/aromatic N) is 2. The Morgan fingerprint density at radius 2 is 1.89 bits per heavy atom. The molecule has 1 aromatic heterocycles. The van der Waals surface area contributed by atoms with Gasteiger partial charge in [-0.2, -0.15) is 0 Å². The molecule has 0 N–H and O–H groups in total. The highest BCUT2D eigenvalue weighted by Crippen LogP contribution is 2.31. The number of carbonyl (C=O) groups excluding carboxylic acids is 1. The third-order valence-electron chi connectivity index (χ3n) is 4.92. The van der Waals surface area contributed by atoms with Gasteiger partial charge < -0.3 is 4.90 Å². The first-order chi connectivity index (χ1) is 12.8. The number of carbonyl (C=O) groups is 1. The van der Waals surface area contributed by atoms with E-state index in [2.05, 4.69) is 4.98 Å². The lowest BCUT2D eigenvalue weighted by molar-refractivity contribution is 0.0986. The van der Waals surface area contributed by atoms with Crippen LogP contribution in [-0.2, 0) is 16.3 Å². The molecule has 0 spiro atoms. The largest absolute Gasteiger partial charge is 0.308 e. The standard InChI is InChI=1S/C21H20N2O3S/c1-14-12-18(17-7-3-4-8-19(17)22-14)21(24)23-11-5-6-15-13-16(27(2,25)26)9-10-20(15)23/h3-4,7-10,12-13H,5-6,11H2,1-2H3. The zero-order chi connectivity index (χ0) is 19.2. The number of sulfone groups is 1. The molecule has 0 saturated carbocycles. The van der Waals surface area contributed by atoms with Crippen LogP contribution in [0.3, 0.4) is 0 Å². The lowest BCUT2D eigenvalue weighted by atomic mass is 9.99. The fraction of sp³-hybridized carbons (Fsp3) is 0.238. The molecule has 2 aromatic carbocycles. The van der Waals surface area contributed by atoms with Crippen molar-refractivity contribution in [3.63, 3.8) is 0 Å². The second-order valence-corrected chi connectivity index (χ2v) is 8.97. The molecule has 3 aromatic rings. The van der Waals surface area contributed by atoms with Gasteiger partial charge in [-0.15, -0.1) is 0 Å². The number of aromatic nitrogens is 1. The predicted octanol–water partition coefficient (Wildman–Crippen LogP) is 3.54. The summed E-state index contributed by atoms with van der Waals surface area (Å²) in [5.41, 5.74) is 3.90. The molecule has 1 amide bonds. The van der Waals surface area contributed by atoms with Gasteiger partial charge in [-0.3, -0.25) is 9.78 Å². The predicted molar refractivity (Wildman–Crippen MR) is 106 cm³/mol. The summed E-state index contributed by atoms with van der Waals surface area (Å²) in [6, 6.07) is 14.5. The Balaban J connectivity index is 1.81. The van der Waals surface area contributed by atoms with Crippen molar-refractivity contribution in [1.29, 1.82) is 0 Å². The van der Waals surface area contributed by atoms with Crippen molar-refractivity contribution in [2.24, 2.45) is 0 Å². The Hall–Kier alpha value is -2.73. The molecule has 6 heteroatoms. The molecule has 0 atom stereocenters. The number of rotatable bonds is 2. The molecule has 0 radical (unpaired) electrons. The Morgan fingerprint density at radius 3 is 2.67 bits per heavy atom. The molecule has 2 heterocycles. The van der Waals surface area contributed by atoms with Crippen molar-refractivity contribution in [3.8, 4) is 0 Å². The monoisotopic (exact) mass is 380 g/mol. The Bertz CT molecular complexity index is 1170. The zero-order valence-electron chi connectivity index (χ0n) is 15.3. The van der Waals surface area contributed by atoms with E-state index in [1.807, 2.05) is 37.3 Å². The highest BCUT2D eigenvalue weighted by Gasteiger charge is 2.26. The van der Waals surface area contributed by atoms with E-state index in [9.17, 15) is 13.2 Å². The lowest BCUT2D eigenvalue weighted by Gasteiger charge is -2.30. The highest BCUT2D eigenvalue weighted by molar-refractivity contribution is 7.90. The minimum Gasteiger partial charge on any atom is -0.308 e. The third-order valence-corrected chi connectivity index (χ3v) is 6.03. The molecular formula is C21H20N2O3S. The summed E-state index contributed by atoms with van der Waals surface area (Å²) in [7, 11) is -3.27. The molecule has 0 unspecified atom stereocenters. The van der Waals surface area contributed by atoms with Crippen LogP contribution in [0.1, 0.15) is 28.0 Å². The first-order valence-corrected chi connectivity index (χ1v) is 10.7. The fourth-order valence-electron chi connectivity index (χ4n) is 3.65. The summed E-state index contributed by atoms with van der Waals surface area (Å²) >= 11 is 0. The van der Waals surface area contributed by atoms with Crippen LogP contribution in [0.5, 0.6) is 0 Å². The van der Waals surface area contributed by atoms with Crippen molar-refractivity contribution >= 4 is 32.3 Å². The summed E-state index contributed by atoms with van der Waals surface area (Å²) in [6.07, 6.45) is 2.76. The van der Waals surface area contributed by atoms with Crippen LogP contribution < -0.4 is 4.90 Å². The summed E-state index contributed by atoms with van der Waals surface area (Å²) in [6.45, 7) is 2.49. The van der Waals surface area contributed by atoms with Crippen LogP contribution >= 0.6 is 0 Å². The average Bonchev–Trinajstić information content (AvgIpc) is 2.65. The molecule has 0 fully saturated rings. The van der Waals surface area contributed by atoms with E-state index in [-0.39, 0.29) is 5.91 Å². The fourth-order valence-corrected chi connectivity index (χ4v) is 4.32. The van der Waals surface area contributed by atoms with Gasteiger partial charge in [0.15, 0.2) is 9.84 Å². The van der Waals surface area contributed by atoms with E-state index in [1.165, 1.54) is 6.26 Å². The molecule has 1 aliphatic rings.